The Labute approximate surface area is 223 Å². The van der Waals surface area contributed by atoms with Gasteiger partial charge in [0, 0.05) is 49.7 Å². The van der Waals surface area contributed by atoms with Gasteiger partial charge in [-0.05, 0) is 42.8 Å². The van der Waals surface area contributed by atoms with E-state index in [1.165, 1.54) is 0 Å². The van der Waals surface area contributed by atoms with Gasteiger partial charge in [0.1, 0.15) is 11.3 Å². The first-order chi connectivity index (χ1) is 18.0. The number of carbonyl (C=O) groups excluding carboxylic acids is 1. The van der Waals surface area contributed by atoms with Crippen molar-refractivity contribution in [3.8, 4) is 5.75 Å². The Bertz CT molecular complexity index is 1670. The summed E-state index contributed by atoms with van der Waals surface area (Å²) in [6.07, 6.45) is 0.604. The number of halogens is 1. The van der Waals surface area contributed by atoms with Crippen molar-refractivity contribution >= 4 is 51.5 Å². The molecule has 1 aliphatic heterocycles. The van der Waals surface area contributed by atoms with Gasteiger partial charge >= 0.3 is 0 Å². The van der Waals surface area contributed by atoms with Gasteiger partial charge in [0.15, 0.2) is 5.76 Å². The molecule has 1 aromatic heterocycles. The average molecular weight is 524 g/mol. The number of phenols is 1. The van der Waals surface area contributed by atoms with Gasteiger partial charge in [-0.1, -0.05) is 66.2 Å². The first-order valence-electron chi connectivity index (χ1n) is 11.9. The number of aromatic hydroxyl groups is 1. The highest BCUT2D eigenvalue weighted by atomic mass is 35.5. The number of fused-ring (bicyclic) bond motifs is 2. The normalized spacial score (nSPS) is 15.2. The van der Waals surface area contributed by atoms with E-state index in [4.69, 9.17) is 21.0 Å². The van der Waals surface area contributed by atoms with Crippen LogP contribution in [-0.2, 0) is 0 Å². The van der Waals surface area contributed by atoms with Crippen LogP contribution >= 0.6 is 23.4 Å². The van der Waals surface area contributed by atoms with Gasteiger partial charge < -0.3 is 9.52 Å². The lowest BCUT2D eigenvalue weighted by molar-refractivity contribution is 0.101. The maximum Gasteiger partial charge on any atom is 0.228 e. The minimum atomic E-state index is -0.185. The molecule has 0 saturated carbocycles. The predicted molar refractivity (Wildman–Crippen MR) is 150 cm³/mol. The van der Waals surface area contributed by atoms with Crippen molar-refractivity contribution in [3.63, 3.8) is 0 Å². The van der Waals surface area contributed by atoms with E-state index in [0.717, 1.165) is 32.8 Å². The van der Waals surface area contributed by atoms with E-state index in [2.05, 4.69) is 6.07 Å². The van der Waals surface area contributed by atoms with Crippen molar-refractivity contribution in [2.24, 2.45) is 4.99 Å². The maximum atomic E-state index is 13.1. The van der Waals surface area contributed by atoms with Crippen LogP contribution in [-0.4, -0.2) is 16.6 Å². The molecular weight excluding hydrogens is 502 g/mol. The van der Waals surface area contributed by atoms with Gasteiger partial charge in [-0.2, -0.15) is 0 Å². The highest BCUT2D eigenvalue weighted by Gasteiger charge is 2.26. The number of aliphatic imine (C=N–C) groups is 1. The Hall–Kier alpha value is -3.80. The van der Waals surface area contributed by atoms with Gasteiger partial charge in [0.2, 0.25) is 5.78 Å². The first kappa shape index (κ1) is 23.6. The number of para-hydroxylation sites is 1. The van der Waals surface area contributed by atoms with E-state index in [1.54, 1.807) is 30.0 Å². The lowest BCUT2D eigenvalue weighted by Crippen LogP contribution is -2.06. The van der Waals surface area contributed by atoms with Crippen LogP contribution in [0.1, 0.15) is 44.5 Å². The SMILES string of the molecule is Cc1c(C(=O)c2ccccc2)oc2cc(O)c(C3=Nc4ccccc4SC(c4ccc(Cl)cc4)C3)cc12. The number of hydrogen-bond donors (Lipinski definition) is 1. The van der Waals surface area contributed by atoms with Gasteiger partial charge in [0.25, 0.3) is 0 Å². The molecule has 0 saturated heterocycles. The first-order valence-corrected chi connectivity index (χ1v) is 13.2. The van der Waals surface area contributed by atoms with Crippen LogP contribution in [0.3, 0.4) is 0 Å². The summed E-state index contributed by atoms with van der Waals surface area (Å²) in [7, 11) is 0. The predicted octanol–water partition coefficient (Wildman–Crippen LogP) is 8.69. The minimum absolute atomic E-state index is 0.0675. The van der Waals surface area contributed by atoms with Gasteiger partial charge in [-0.15, -0.1) is 11.8 Å². The minimum Gasteiger partial charge on any atom is -0.507 e. The fraction of sp³-hybridized carbons (Fsp3) is 0.0968. The number of carbonyl (C=O) groups is 1. The number of nitrogens with zero attached hydrogens (tertiary/aromatic N) is 1. The molecule has 6 rings (SSSR count). The molecule has 0 bridgehead atoms. The van der Waals surface area contributed by atoms with Crippen molar-refractivity contribution in [1.82, 2.24) is 0 Å². The average Bonchev–Trinajstić information content (AvgIpc) is 3.10. The van der Waals surface area contributed by atoms with Crippen LogP contribution in [0.4, 0.5) is 5.69 Å². The standard InChI is InChI=1S/C31H22ClNO3S/c1-18-22-15-23(26(34)17-27(22)36-31(18)30(35)20-7-3-2-4-8-20)25-16-29(19-11-13-21(32)14-12-19)37-28-10-6-5-9-24(28)33-25/h2-15,17,29,34H,16H2,1H3. The molecule has 4 nitrogen and oxygen atoms in total. The fourth-order valence-corrected chi connectivity index (χ4v) is 6.03. The lowest BCUT2D eigenvalue weighted by Gasteiger charge is -2.17. The fourth-order valence-electron chi connectivity index (χ4n) is 4.67. The zero-order valence-corrected chi connectivity index (χ0v) is 21.5. The Morgan fingerprint density at radius 1 is 1.00 bits per heavy atom. The monoisotopic (exact) mass is 523 g/mol. The second kappa shape index (κ2) is 9.58. The van der Waals surface area contributed by atoms with Gasteiger partial charge in [0.05, 0.1) is 11.4 Å². The largest absolute Gasteiger partial charge is 0.507 e. The van der Waals surface area contributed by atoms with E-state index in [1.807, 2.05) is 73.7 Å². The molecule has 0 amide bonds. The summed E-state index contributed by atoms with van der Waals surface area (Å²) in [5.74, 6) is 0.161. The highest BCUT2D eigenvalue weighted by molar-refractivity contribution is 7.99. The van der Waals surface area contributed by atoms with Crippen LogP contribution in [0.5, 0.6) is 5.75 Å². The summed E-state index contributed by atoms with van der Waals surface area (Å²) < 4.78 is 5.95. The quantitative estimate of drug-likeness (QED) is 0.239. The van der Waals surface area contributed by atoms with Gasteiger partial charge in [-0.3, -0.25) is 9.79 Å². The number of thioether (sulfide) groups is 1. The number of phenolic OH excluding ortho intramolecular Hbond substituents is 1. The summed E-state index contributed by atoms with van der Waals surface area (Å²) in [4.78, 5) is 19.2. The van der Waals surface area contributed by atoms with Crippen molar-refractivity contribution in [2.45, 2.75) is 23.5 Å². The molecule has 0 aliphatic carbocycles. The molecule has 0 fully saturated rings. The Morgan fingerprint density at radius 2 is 1.73 bits per heavy atom. The zero-order valence-electron chi connectivity index (χ0n) is 19.9. The van der Waals surface area contributed by atoms with Crippen molar-refractivity contribution in [3.05, 3.63) is 124 Å². The summed E-state index contributed by atoms with van der Waals surface area (Å²) in [6, 6.07) is 28.4. The van der Waals surface area contributed by atoms with E-state index in [0.29, 0.717) is 28.2 Å². The lowest BCUT2D eigenvalue weighted by atomic mass is 9.98. The van der Waals surface area contributed by atoms with Crippen molar-refractivity contribution in [2.75, 3.05) is 0 Å². The molecule has 37 heavy (non-hydrogen) atoms. The van der Waals surface area contributed by atoms with Crippen LogP contribution in [0.2, 0.25) is 5.02 Å². The maximum absolute atomic E-state index is 13.1. The summed E-state index contributed by atoms with van der Waals surface area (Å²) in [5, 5.41) is 12.7. The smallest absolute Gasteiger partial charge is 0.228 e. The number of hydrogen-bond acceptors (Lipinski definition) is 5. The number of rotatable bonds is 4. The Morgan fingerprint density at radius 3 is 2.51 bits per heavy atom. The third-order valence-corrected chi connectivity index (χ3v) is 8.19. The molecule has 182 valence electrons. The second-order valence-corrected chi connectivity index (χ2v) is 10.7. The summed E-state index contributed by atoms with van der Waals surface area (Å²) >= 11 is 7.90. The summed E-state index contributed by atoms with van der Waals surface area (Å²) in [5.41, 5.74) is 5.16. The Kier molecular flexibility index (Phi) is 6.11. The van der Waals surface area contributed by atoms with Crippen LogP contribution < -0.4 is 0 Å². The molecule has 1 atom stereocenters. The van der Waals surface area contributed by atoms with E-state index in [-0.39, 0.29) is 22.5 Å². The molecule has 4 aromatic carbocycles. The van der Waals surface area contributed by atoms with Crippen molar-refractivity contribution in [1.29, 1.82) is 0 Å². The number of furan rings is 1. The highest BCUT2D eigenvalue weighted by Crippen LogP contribution is 2.46. The third-order valence-electron chi connectivity index (χ3n) is 6.62. The molecule has 1 aliphatic rings. The van der Waals surface area contributed by atoms with Crippen LogP contribution in [0.15, 0.2) is 105 Å². The Balaban J connectivity index is 1.46. The van der Waals surface area contributed by atoms with E-state index in [9.17, 15) is 9.90 Å². The van der Waals surface area contributed by atoms with E-state index < -0.39 is 0 Å². The van der Waals surface area contributed by atoms with Crippen LogP contribution in [0, 0.1) is 6.92 Å². The third kappa shape index (κ3) is 4.45. The summed E-state index contributed by atoms with van der Waals surface area (Å²) in [6.45, 7) is 1.87. The second-order valence-electron chi connectivity index (χ2n) is 9.01. The van der Waals surface area contributed by atoms with E-state index >= 15 is 0 Å². The molecule has 6 heteroatoms. The zero-order chi connectivity index (χ0) is 25.5. The molecule has 1 unspecified atom stereocenters. The van der Waals surface area contributed by atoms with Crippen LogP contribution in [0.25, 0.3) is 11.0 Å². The number of aryl methyl sites for hydroxylation is 1. The molecule has 0 radical (unpaired) electrons. The van der Waals surface area contributed by atoms with Gasteiger partial charge in [-0.25, -0.2) is 0 Å². The molecule has 0 spiro atoms. The number of benzene rings is 4. The van der Waals surface area contributed by atoms with Crippen molar-refractivity contribution < 1.29 is 14.3 Å². The molecule has 2 heterocycles. The number of ketones is 1. The molecule has 1 N–H and O–H groups in total. The molecule has 5 aromatic rings. The molecular formula is C31H22ClNO3S. The topological polar surface area (TPSA) is 62.8 Å².